The third-order valence-corrected chi connectivity index (χ3v) is 1.64. The highest BCUT2D eigenvalue weighted by Gasteiger charge is 2.07. The molecule has 0 radical (unpaired) electrons. The molecule has 14 heavy (non-hydrogen) atoms. The number of pyridine rings is 1. The third-order valence-electron chi connectivity index (χ3n) is 1.64. The van der Waals surface area contributed by atoms with Crippen molar-refractivity contribution in [3.8, 4) is 5.88 Å². The van der Waals surface area contributed by atoms with Crippen molar-refractivity contribution in [1.82, 2.24) is 10.3 Å². The van der Waals surface area contributed by atoms with E-state index >= 15 is 0 Å². The van der Waals surface area contributed by atoms with Crippen LogP contribution in [0.25, 0.3) is 0 Å². The number of methoxy groups -OCH3 is 1. The minimum Gasteiger partial charge on any atom is -0.445 e. The van der Waals surface area contributed by atoms with Crippen LogP contribution in [0.1, 0.15) is 6.92 Å². The first-order chi connectivity index (χ1) is 6.72. The molecule has 0 spiro atoms. The molecule has 78 valence electrons. The van der Waals surface area contributed by atoms with Crippen LogP contribution in [-0.2, 0) is 4.74 Å². The van der Waals surface area contributed by atoms with Crippen LogP contribution in [0.3, 0.4) is 0 Å². The van der Waals surface area contributed by atoms with E-state index in [0.717, 1.165) is 0 Å². The fourth-order valence-electron chi connectivity index (χ4n) is 0.880. The lowest BCUT2D eigenvalue weighted by Gasteiger charge is -2.18. The highest BCUT2D eigenvalue weighted by atomic mass is 16.5. The number of hydrogen-bond acceptors (Lipinski definition) is 5. The molecule has 1 rings (SSSR count). The van der Waals surface area contributed by atoms with Gasteiger partial charge >= 0.3 is 0 Å². The zero-order valence-corrected chi connectivity index (χ0v) is 8.31. The fraction of sp³-hybridized carbons (Fsp3) is 0.444. The summed E-state index contributed by atoms with van der Waals surface area (Å²) in [6.45, 7) is 1.83. The summed E-state index contributed by atoms with van der Waals surface area (Å²) in [5.74, 6) is 0.482. The Bertz CT molecular complexity index is 255. The van der Waals surface area contributed by atoms with Gasteiger partial charge in [-0.1, -0.05) is 6.07 Å². The zero-order chi connectivity index (χ0) is 10.4. The lowest BCUT2D eigenvalue weighted by atomic mass is 10.5. The molecule has 2 atom stereocenters. The van der Waals surface area contributed by atoms with Gasteiger partial charge in [0.1, 0.15) is 6.23 Å². The molecule has 0 saturated carbocycles. The molecule has 0 aliphatic carbocycles. The van der Waals surface area contributed by atoms with Gasteiger partial charge in [-0.25, -0.2) is 10.3 Å². The number of nitrogens with zero attached hydrogens (tertiary/aromatic N) is 1. The average Bonchev–Trinajstić information content (AvgIpc) is 2.19. The summed E-state index contributed by atoms with van der Waals surface area (Å²) in [6, 6.07) is 5.37. The van der Waals surface area contributed by atoms with Crippen LogP contribution in [0.4, 0.5) is 0 Å². The second kappa shape index (κ2) is 5.54. The number of nitrogens with one attached hydrogen (secondary N) is 1. The lowest BCUT2D eigenvalue weighted by Crippen LogP contribution is -2.47. The van der Waals surface area contributed by atoms with Crippen LogP contribution >= 0.6 is 0 Å². The Balaban J connectivity index is 2.37. The van der Waals surface area contributed by atoms with Crippen LogP contribution in [0, 0.1) is 0 Å². The van der Waals surface area contributed by atoms with Crippen molar-refractivity contribution in [2.45, 2.75) is 19.5 Å². The van der Waals surface area contributed by atoms with Gasteiger partial charge in [0.2, 0.25) is 12.2 Å². The maximum atomic E-state index is 5.63. The Labute approximate surface area is 83.2 Å². The van der Waals surface area contributed by atoms with Crippen LogP contribution in [0.5, 0.6) is 5.88 Å². The predicted molar refractivity (Wildman–Crippen MR) is 52.4 cm³/mol. The minimum atomic E-state index is -0.625. The van der Waals surface area contributed by atoms with Gasteiger partial charge in [-0.2, -0.15) is 0 Å². The fourth-order valence-corrected chi connectivity index (χ4v) is 0.880. The van der Waals surface area contributed by atoms with Gasteiger partial charge in [0.05, 0.1) is 0 Å². The summed E-state index contributed by atoms with van der Waals surface area (Å²) < 4.78 is 10.2. The van der Waals surface area contributed by atoms with Gasteiger partial charge in [-0.05, 0) is 13.0 Å². The lowest BCUT2D eigenvalue weighted by molar-refractivity contribution is 0.0338. The van der Waals surface area contributed by atoms with E-state index < -0.39 is 6.35 Å². The second-order valence-electron chi connectivity index (χ2n) is 2.75. The van der Waals surface area contributed by atoms with Gasteiger partial charge in [-0.15, -0.1) is 0 Å². The third kappa shape index (κ3) is 3.69. The molecule has 0 amide bonds. The summed E-state index contributed by atoms with van der Waals surface area (Å²) >= 11 is 0. The zero-order valence-electron chi connectivity index (χ0n) is 8.31. The van der Waals surface area contributed by atoms with E-state index in [1.807, 2.05) is 19.1 Å². The highest BCUT2D eigenvalue weighted by Crippen LogP contribution is 2.03. The Morgan fingerprint density at radius 3 is 2.86 bits per heavy atom. The number of nitrogens with two attached hydrogens (primary N) is 1. The van der Waals surface area contributed by atoms with Gasteiger partial charge in [0, 0.05) is 19.4 Å². The molecular formula is C9H15N3O2. The summed E-state index contributed by atoms with van der Waals surface area (Å²) in [4.78, 5) is 3.97. The van der Waals surface area contributed by atoms with Crippen molar-refractivity contribution in [3.05, 3.63) is 24.4 Å². The van der Waals surface area contributed by atoms with Crippen molar-refractivity contribution in [2.24, 2.45) is 5.73 Å². The molecule has 1 heterocycles. The van der Waals surface area contributed by atoms with E-state index in [1.165, 1.54) is 0 Å². The number of rotatable bonds is 5. The first-order valence-electron chi connectivity index (χ1n) is 4.34. The quantitative estimate of drug-likeness (QED) is 0.664. The average molecular weight is 197 g/mol. The predicted octanol–water partition coefficient (Wildman–Crippen LogP) is 0.285. The Hall–Kier alpha value is -1.17. The molecule has 0 saturated heterocycles. The first kappa shape index (κ1) is 10.9. The van der Waals surface area contributed by atoms with Gasteiger partial charge < -0.3 is 9.47 Å². The van der Waals surface area contributed by atoms with E-state index in [4.69, 9.17) is 15.2 Å². The van der Waals surface area contributed by atoms with Crippen LogP contribution < -0.4 is 15.8 Å². The van der Waals surface area contributed by atoms with Crippen LogP contribution in [0.2, 0.25) is 0 Å². The van der Waals surface area contributed by atoms with Crippen molar-refractivity contribution in [2.75, 3.05) is 7.11 Å². The SMILES string of the molecule is COC(C)NC(N)Oc1ccccn1. The van der Waals surface area contributed by atoms with Gasteiger partial charge in [0.25, 0.3) is 0 Å². The van der Waals surface area contributed by atoms with E-state index in [9.17, 15) is 0 Å². The molecular weight excluding hydrogens is 182 g/mol. The molecule has 3 N–H and O–H groups in total. The maximum absolute atomic E-state index is 5.63. The van der Waals surface area contributed by atoms with E-state index in [2.05, 4.69) is 10.3 Å². The van der Waals surface area contributed by atoms with Crippen molar-refractivity contribution < 1.29 is 9.47 Å². The van der Waals surface area contributed by atoms with Gasteiger partial charge in [-0.3, -0.25) is 5.73 Å². The Kier molecular flexibility index (Phi) is 4.31. The molecule has 0 aromatic carbocycles. The number of ether oxygens (including phenoxy) is 2. The largest absolute Gasteiger partial charge is 0.445 e. The van der Waals surface area contributed by atoms with Crippen molar-refractivity contribution in [3.63, 3.8) is 0 Å². The summed E-state index contributed by atoms with van der Waals surface area (Å²) in [5.41, 5.74) is 5.63. The Morgan fingerprint density at radius 1 is 1.50 bits per heavy atom. The van der Waals surface area contributed by atoms with E-state index in [1.54, 1.807) is 19.4 Å². The smallest absolute Gasteiger partial charge is 0.215 e. The van der Waals surface area contributed by atoms with E-state index in [-0.39, 0.29) is 6.23 Å². The molecule has 0 fully saturated rings. The standard InChI is InChI=1S/C9H15N3O2/c1-7(13-2)12-9(10)14-8-5-3-4-6-11-8/h3-7,9,12H,10H2,1-2H3. The summed E-state index contributed by atoms with van der Waals surface area (Å²) in [6.07, 6.45) is 0.857. The number of hydrogen-bond donors (Lipinski definition) is 2. The molecule has 1 aromatic rings. The topological polar surface area (TPSA) is 69.4 Å². The number of aromatic nitrogens is 1. The maximum Gasteiger partial charge on any atom is 0.215 e. The van der Waals surface area contributed by atoms with Crippen LogP contribution in [-0.4, -0.2) is 24.7 Å². The molecule has 5 nitrogen and oxygen atoms in total. The summed E-state index contributed by atoms with van der Waals surface area (Å²) in [5, 5.41) is 2.87. The molecule has 0 bridgehead atoms. The van der Waals surface area contributed by atoms with Crippen molar-refractivity contribution >= 4 is 0 Å². The minimum absolute atomic E-state index is 0.159. The summed E-state index contributed by atoms with van der Waals surface area (Å²) in [7, 11) is 1.59. The highest BCUT2D eigenvalue weighted by molar-refractivity contribution is 5.09. The molecule has 5 heteroatoms. The monoisotopic (exact) mass is 197 g/mol. The Morgan fingerprint density at radius 2 is 2.29 bits per heavy atom. The molecule has 2 unspecified atom stereocenters. The molecule has 1 aromatic heterocycles. The van der Waals surface area contributed by atoms with Crippen molar-refractivity contribution in [1.29, 1.82) is 0 Å². The first-order valence-corrected chi connectivity index (χ1v) is 4.34. The second-order valence-corrected chi connectivity index (χ2v) is 2.75. The normalized spacial score (nSPS) is 14.8. The van der Waals surface area contributed by atoms with E-state index in [0.29, 0.717) is 5.88 Å². The van der Waals surface area contributed by atoms with Crippen LogP contribution in [0.15, 0.2) is 24.4 Å². The molecule has 0 aliphatic heterocycles. The molecule has 0 aliphatic rings. The van der Waals surface area contributed by atoms with Gasteiger partial charge in [0.15, 0.2) is 0 Å².